The standard InChI is InChI=1S/C12H19N3O2/c1-8-6-9(15(3)5-4-14-2)7-10(11(8)13)12(16)17/h6-7,14H,4-5,13H2,1-3H3,(H,16,17). The number of carbonyl (C=O) groups is 1. The first kappa shape index (κ1) is 13.3. The average molecular weight is 237 g/mol. The van der Waals surface area contributed by atoms with Crippen LogP contribution in [0.15, 0.2) is 12.1 Å². The van der Waals surface area contributed by atoms with E-state index in [2.05, 4.69) is 5.32 Å². The first-order valence-electron chi connectivity index (χ1n) is 5.46. The highest BCUT2D eigenvalue weighted by atomic mass is 16.4. The number of hydrogen-bond acceptors (Lipinski definition) is 4. The number of benzene rings is 1. The lowest BCUT2D eigenvalue weighted by Crippen LogP contribution is -2.27. The van der Waals surface area contributed by atoms with Crippen LogP contribution in [0.3, 0.4) is 0 Å². The van der Waals surface area contributed by atoms with E-state index in [-0.39, 0.29) is 5.56 Å². The molecule has 0 aromatic heterocycles. The van der Waals surface area contributed by atoms with Crippen LogP contribution in [0, 0.1) is 6.92 Å². The Bertz CT molecular complexity index is 418. The second kappa shape index (κ2) is 5.54. The van der Waals surface area contributed by atoms with Gasteiger partial charge in [0.15, 0.2) is 0 Å². The van der Waals surface area contributed by atoms with Crippen molar-refractivity contribution in [1.82, 2.24) is 5.32 Å². The largest absolute Gasteiger partial charge is 0.478 e. The molecule has 0 unspecified atom stereocenters. The van der Waals surface area contributed by atoms with Crippen molar-refractivity contribution in [2.24, 2.45) is 0 Å². The molecule has 17 heavy (non-hydrogen) atoms. The Morgan fingerprint density at radius 2 is 2.18 bits per heavy atom. The van der Waals surface area contributed by atoms with E-state index >= 15 is 0 Å². The number of carboxylic acids is 1. The second-order valence-corrected chi connectivity index (χ2v) is 4.05. The van der Waals surface area contributed by atoms with Gasteiger partial charge in [0.2, 0.25) is 0 Å². The van der Waals surface area contributed by atoms with Crippen molar-refractivity contribution >= 4 is 17.3 Å². The molecule has 1 rings (SSSR count). The van der Waals surface area contributed by atoms with E-state index in [0.29, 0.717) is 5.69 Å². The molecule has 5 nitrogen and oxygen atoms in total. The molecule has 5 heteroatoms. The van der Waals surface area contributed by atoms with E-state index in [9.17, 15) is 4.79 Å². The minimum Gasteiger partial charge on any atom is -0.478 e. The van der Waals surface area contributed by atoms with Gasteiger partial charge < -0.3 is 21.1 Å². The number of aryl methyl sites for hydroxylation is 1. The molecule has 0 atom stereocenters. The molecule has 0 radical (unpaired) electrons. The van der Waals surface area contributed by atoms with Crippen molar-refractivity contribution in [3.8, 4) is 0 Å². The number of rotatable bonds is 5. The second-order valence-electron chi connectivity index (χ2n) is 4.05. The fraction of sp³-hybridized carbons (Fsp3) is 0.417. The summed E-state index contributed by atoms with van der Waals surface area (Å²) in [6, 6.07) is 3.51. The fourth-order valence-electron chi connectivity index (χ4n) is 1.59. The van der Waals surface area contributed by atoms with Gasteiger partial charge in [0, 0.05) is 31.5 Å². The van der Waals surface area contributed by atoms with Crippen molar-refractivity contribution in [2.45, 2.75) is 6.92 Å². The Hall–Kier alpha value is -1.75. The van der Waals surface area contributed by atoms with Crippen LogP contribution >= 0.6 is 0 Å². The lowest BCUT2D eigenvalue weighted by Gasteiger charge is -2.21. The van der Waals surface area contributed by atoms with Crippen molar-refractivity contribution in [2.75, 3.05) is 37.8 Å². The van der Waals surface area contributed by atoms with Crippen molar-refractivity contribution < 1.29 is 9.90 Å². The molecule has 0 aliphatic carbocycles. The smallest absolute Gasteiger partial charge is 0.337 e. The van der Waals surface area contributed by atoms with Gasteiger partial charge in [0.1, 0.15) is 0 Å². The lowest BCUT2D eigenvalue weighted by molar-refractivity contribution is 0.0698. The molecule has 0 saturated carbocycles. The number of carboxylic acid groups (broad SMARTS) is 1. The molecule has 0 amide bonds. The summed E-state index contributed by atoms with van der Waals surface area (Å²) in [6.45, 7) is 3.46. The number of nitrogens with two attached hydrogens (primary N) is 1. The summed E-state index contributed by atoms with van der Waals surface area (Å²) in [5.74, 6) is -0.991. The minimum atomic E-state index is -0.991. The molecule has 0 saturated heterocycles. The zero-order chi connectivity index (χ0) is 13.0. The summed E-state index contributed by atoms with van der Waals surface area (Å²) in [5, 5.41) is 12.1. The molecule has 94 valence electrons. The Morgan fingerprint density at radius 1 is 1.53 bits per heavy atom. The van der Waals surface area contributed by atoms with Crippen molar-refractivity contribution in [3.63, 3.8) is 0 Å². The van der Waals surface area contributed by atoms with Crippen LogP contribution in [-0.2, 0) is 0 Å². The highest BCUT2D eigenvalue weighted by molar-refractivity contribution is 5.95. The first-order valence-corrected chi connectivity index (χ1v) is 5.46. The van der Waals surface area contributed by atoms with Gasteiger partial charge in [-0.3, -0.25) is 0 Å². The summed E-state index contributed by atoms with van der Waals surface area (Å²) in [5.41, 5.74) is 7.89. The van der Waals surface area contributed by atoms with Gasteiger partial charge in [-0.1, -0.05) is 0 Å². The van der Waals surface area contributed by atoms with Gasteiger partial charge in [-0.25, -0.2) is 4.79 Å². The first-order chi connectivity index (χ1) is 7.97. The van der Waals surface area contributed by atoms with Gasteiger partial charge >= 0.3 is 5.97 Å². The van der Waals surface area contributed by atoms with Gasteiger partial charge in [-0.2, -0.15) is 0 Å². The Balaban J connectivity index is 3.05. The quantitative estimate of drug-likeness (QED) is 0.664. The van der Waals surface area contributed by atoms with Crippen molar-refractivity contribution in [3.05, 3.63) is 23.3 Å². The molecule has 4 N–H and O–H groups in total. The maximum Gasteiger partial charge on any atom is 0.337 e. The zero-order valence-corrected chi connectivity index (χ0v) is 10.4. The maximum atomic E-state index is 11.1. The van der Waals surface area contributed by atoms with E-state index < -0.39 is 5.97 Å². The SMILES string of the molecule is CNCCN(C)c1cc(C)c(N)c(C(=O)O)c1. The molecular formula is C12H19N3O2. The van der Waals surface area contributed by atoms with Crippen LogP contribution in [0.1, 0.15) is 15.9 Å². The van der Waals surface area contributed by atoms with Crippen LogP contribution in [0.2, 0.25) is 0 Å². The van der Waals surface area contributed by atoms with Crippen LogP contribution in [0.4, 0.5) is 11.4 Å². The Morgan fingerprint density at radius 3 is 2.71 bits per heavy atom. The summed E-state index contributed by atoms with van der Waals surface area (Å²) in [6.07, 6.45) is 0. The Labute approximate surface area is 101 Å². The molecular weight excluding hydrogens is 218 g/mol. The topological polar surface area (TPSA) is 78.6 Å². The van der Waals surface area contributed by atoms with Crippen LogP contribution in [-0.4, -0.2) is 38.3 Å². The van der Waals surface area contributed by atoms with Crippen LogP contribution < -0.4 is 16.0 Å². The van der Waals surface area contributed by atoms with Crippen molar-refractivity contribution in [1.29, 1.82) is 0 Å². The normalized spacial score (nSPS) is 10.3. The summed E-state index contributed by atoms with van der Waals surface area (Å²) < 4.78 is 0. The molecule has 0 heterocycles. The molecule has 0 aliphatic heterocycles. The van der Waals surface area contributed by atoms with Crippen LogP contribution in [0.25, 0.3) is 0 Å². The van der Waals surface area contributed by atoms with Gasteiger partial charge in [0.25, 0.3) is 0 Å². The number of aromatic carboxylic acids is 1. The average Bonchev–Trinajstić information content (AvgIpc) is 2.28. The molecule has 0 spiro atoms. The minimum absolute atomic E-state index is 0.163. The summed E-state index contributed by atoms with van der Waals surface area (Å²) in [7, 11) is 3.80. The van der Waals surface area contributed by atoms with E-state index in [1.54, 1.807) is 6.07 Å². The number of nitrogens with zero attached hydrogens (tertiary/aromatic N) is 1. The predicted molar refractivity (Wildman–Crippen MR) is 69.7 cm³/mol. The number of hydrogen-bond donors (Lipinski definition) is 3. The van der Waals surface area contributed by atoms with Crippen LogP contribution in [0.5, 0.6) is 0 Å². The monoisotopic (exact) mass is 237 g/mol. The summed E-state index contributed by atoms with van der Waals surface area (Å²) in [4.78, 5) is 13.0. The molecule has 0 bridgehead atoms. The fourth-order valence-corrected chi connectivity index (χ4v) is 1.59. The number of likely N-dealkylation sites (N-methyl/N-ethyl adjacent to an activating group) is 2. The highest BCUT2D eigenvalue weighted by Gasteiger charge is 2.13. The Kier molecular flexibility index (Phi) is 4.34. The molecule has 1 aromatic carbocycles. The molecule has 0 fully saturated rings. The third kappa shape index (κ3) is 3.10. The van der Waals surface area contributed by atoms with Gasteiger partial charge in [0.05, 0.1) is 5.56 Å². The number of anilines is 2. The zero-order valence-electron chi connectivity index (χ0n) is 10.4. The van der Waals surface area contributed by atoms with E-state index in [0.717, 1.165) is 24.3 Å². The molecule has 0 aliphatic rings. The third-order valence-electron chi connectivity index (χ3n) is 2.74. The maximum absolute atomic E-state index is 11.1. The predicted octanol–water partition coefficient (Wildman–Crippen LogP) is 0.931. The number of nitrogen functional groups attached to an aromatic ring is 1. The van der Waals surface area contributed by atoms with Gasteiger partial charge in [-0.15, -0.1) is 0 Å². The van der Waals surface area contributed by atoms with E-state index in [1.807, 2.05) is 32.0 Å². The van der Waals surface area contributed by atoms with Gasteiger partial charge in [-0.05, 0) is 31.7 Å². The third-order valence-corrected chi connectivity index (χ3v) is 2.74. The number of nitrogens with one attached hydrogen (secondary N) is 1. The molecule has 1 aromatic rings. The van der Waals surface area contributed by atoms with E-state index in [4.69, 9.17) is 10.8 Å². The highest BCUT2D eigenvalue weighted by Crippen LogP contribution is 2.24. The summed E-state index contributed by atoms with van der Waals surface area (Å²) >= 11 is 0. The lowest BCUT2D eigenvalue weighted by atomic mass is 10.1. The van der Waals surface area contributed by atoms with E-state index in [1.165, 1.54) is 0 Å².